The lowest BCUT2D eigenvalue weighted by atomic mass is 10.0. The van der Waals surface area contributed by atoms with E-state index in [1.165, 1.54) is 7.11 Å². The first-order valence-corrected chi connectivity index (χ1v) is 8.95. The van der Waals surface area contributed by atoms with Gasteiger partial charge in [0.15, 0.2) is 5.69 Å². The number of carboxylic acid groups (broad SMARTS) is 1. The Morgan fingerprint density at radius 1 is 1.03 bits per heavy atom. The Hall–Kier alpha value is -3.85. The van der Waals surface area contributed by atoms with Crippen molar-refractivity contribution >= 4 is 17.6 Å². The number of aromatic nitrogens is 1. The van der Waals surface area contributed by atoms with Crippen LogP contribution in [0.4, 0.5) is 5.69 Å². The van der Waals surface area contributed by atoms with E-state index in [9.17, 15) is 9.59 Å². The molecule has 146 valence electrons. The van der Waals surface area contributed by atoms with Gasteiger partial charge in [0, 0.05) is 23.5 Å². The van der Waals surface area contributed by atoms with Crippen molar-refractivity contribution in [3.05, 3.63) is 88.0 Å². The summed E-state index contributed by atoms with van der Waals surface area (Å²) in [5, 5.41) is 9.07. The molecule has 0 unspecified atom stereocenters. The molecule has 0 saturated heterocycles. The third-order valence-electron chi connectivity index (χ3n) is 5.00. The highest BCUT2D eigenvalue weighted by Crippen LogP contribution is 2.34. The van der Waals surface area contributed by atoms with Gasteiger partial charge in [-0.1, -0.05) is 36.4 Å². The molecule has 0 spiro atoms. The molecule has 29 heavy (non-hydrogen) atoms. The highest BCUT2D eigenvalue weighted by atomic mass is 16.5. The third-order valence-corrected chi connectivity index (χ3v) is 5.00. The molecule has 0 amide bonds. The minimum Gasteiger partial charge on any atom is -0.478 e. The zero-order valence-corrected chi connectivity index (χ0v) is 16.4. The second-order valence-electron chi connectivity index (χ2n) is 6.66. The number of rotatable bonds is 5. The maximum atomic E-state index is 12.5. The molecule has 6 nitrogen and oxygen atoms in total. The molecule has 0 fully saturated rings. The molecule has 2 aromatic carbocycles. The summed E-state index contributed by atoms with van der Waals surface area (Å²) in [5.74, 6) is -1.39. The predicted molar refractivity (Wildman–Crippen MR) is 109 cm³/mol. The maximum absolute atomic E-state index is 12.5. The van der Waals surface area contributed by atoms with Gasteiger partial charge in [0.1, 0.15) is 0 Å². The van der Waals surface area contributed by atoms with Crippen LogP contribution in [0.1, 0.15) is 37.7 Å². The molecular formula is C23H20N2O4. The summed E-state index contributed by atoms with van der Waals surface area (Å²) < 4.78 is 7.03. The summed E-state index contributed by atoms with van der Waals surface area (Å²) in [6, 6.07) is 13.8. The van der Waals surface area contributed by atoms with Gasteiger partial charge in [0.2, 0.25) is 0 Å². The van der Waals surface area contributed by atoms with Crippen LogP contribution in [0.2, 0.25) is 0 Å². The topological polar surface area (TPSA) is 72.9 Å². The third kappa shape index (κ3) is 3.76. The van der Waals surface area contributed by atoms with Gasteiger partial charge in [-0.15, -0.1) is 0 Å². The van der Waals surface area contributed by atoms with Crippen molar-refractivity contribution in [2.45, 2.75) is 20.4 Å². The zero-order chi connectivity index (χ0) is 21.1. The molecule has 0 aliphatic heterocycles. The van der Waals surface area contributed by atoms with E-state index in [0.29, 0.717) is 17.8 Å². The Bertz CT molecular complexity index is 1120. The minimum atomic E-state index is -0.969. The molecule has 0 atom stereocenters. The highest BCUT2D eigenvalue weighted by Gasteiger charge is 2.24. The van der Waals surface area contributed by atoms with Crippen LogP contribution in [0.5, 0.6) is 0 Å². The number of carbonyl (C=O) groups excluding carboxylic acids is 1. The van der Waals surface area contributed by atoms with Gasteiger partial charge in [0.25, 0.3) is 0 Å². The Morgan fingerprint density at radius 3 is 2.17 bits per heavy atom. The maximum Gasteiger partial charge on any atom is 0.340 e. The Labute approximate surface area is 168 Å². The van der Waals surface area contributed by atoms with Crippen LogP contribution in [-0.2, 0) is 11.3 Å². The molecular weight excluding hydrogens is 368 g/mol. The molecule has 0 radical (unpaired) electrons. The van der Waals surface area contributed by atoms with Crippen molar-refractivity contribution in [3.63, 3.8) is 0 Å². The number of hydrogen-bond acceptors (Lipinski definition) is 3. The van der Waals surface area contributed by atoms with Gasteiger partial charge in [-0.3, -0.25) is 0 Å². The van der Waals surface area contributed by atoms with Crippen molar-refractivity contribution in [1.29, 1.82) is 0 Å². The quantitative estimate of drug-likeness (QED) is 0.501. The van der Waals surface area contributed by atoms with Gasteiger partial charge in [-0.2, -0.15) is 0 Å². The van der Waals surface area contributed by atoms with Crippen LogP contribution in [0, 0.1) is 20.4 Å². The molecule has 0 bridgehead atoms. The van der Waals surface area contributed by atoms with Gasteiger partial charge >= 0.3 is 11.9 Å². The molecule has 0 aliphatic carbocycles. The monoisotopic (exact) mass is 388 g/mol. The molecule has 1 heterocycles. The van der Waals surface area contributed by atoms with E-state index in [1.807, 2.05) is 30.5 Å². The van der Waals surface area contributed by atoms with Crippen molar-refractivity contribution in [2.75, 3.05) is 7.11 Å². The van der Waals surface area contributed by atoms with Crippen LogP contribution in [-0.4, -0.2) is 28.7 Å². The number of aromatic carboxylic acids is 1. The molecule has 6 heteroatoms. The number of nitrogens with zero attached hydrogens (tertiary/aromatic N) is 2. The first-order chi connectivity index (χ1) is 13.9. The first-order valence-electron chi connectivity index (χ1n) is 8.95. The number of ether oxygens (including phenoxy) is 1. The second-order valence-corrected chi connectivity index (χ2v) is 6.66. The van der Waals surface area contributed by atoms with E-state index < -0.39 is 11.9 Å². The standard InChI is InChI=1S/C23H20N2O4/c1-14-20(17-9-11-19(24-3)12-10-17)21(23(28)29-4)15(2)25(14)13-16-5-7-18(8-6-16)22(26)27/h5-12H,13H2,1-2,4H3,(H,26,27). The largest absolute Gasteiger partial charge is 0.478 e. The van der Waals surface area contributed by atoms with Crippen LogP contribution in [0.15, 0.2) is 48.5 Å². The fourth-order valence-electron chi connectivity index (χ4n) is 3.46. The minimum absolute atomic E-state index is 0.227. The number of esters is 1. The fourth-order valence-corrected chi connectivity index (χ4v) is 3.46. The number of benzene rings is 2. The van der Waals surface area contributed by atoms with Gasteiger partial charge < -0.3 is 14.4 Å². The molecule has 1 aromatic heterocycles. The molecule has 0 saturated carbocycles. The lowest BCUT2D eigenvalue weighted by Crippen LogP contribution is -2.07. The van der Waals surface area contributed by atoms with E-state index in [4.69, 9.17) is 16.4 Å². The smallest absolute Gasteiger partial charge is 0.340 e. The summed E-state index contributed by atoms with van der Waals surface area (Å²) in [7, 11) is 1.35. The van der Waals surface area contributed by atoms with Crippen molar-refractivity contribution < 1.29 is 19.4 Å². The van der Waals surface area contributed by atoms with Crippen molar-refractivity contribution in [2.24, 2.45) is 0 Å². The molecule has 3 aromatic rings. The van der Waals surface area contributed by atoms with E-state index in [-0.39, 0.29) is 5.56 Å². The Kier molecular flexibility index (Phi) is 5.51. The molecule has 0 aliphatic rings. The van der Waals surface area contributed by atoms with Gasteiger partial charge in [0.05, 0.1) is 24.8 Å². The summed E-state index contributed by atoms with van der Waals surface area (Å²) in [6.45, 7) is 11.4. The summed E-state index contributed by atoms with van der Waals surface area (Å²) in [5.41, 5.74) is 5.42. The number of carbonyl (C=O) groups is 2. The number of methoxy groups -OCH3 is 1. The average molecular weight is 388 g/mol. The van der Waals surface area contributed by atoms with E-state index in [2.05, 4.69) is 4.85 Å². The SMILES string of the molecule is [C-]#[N+]c1ccc(-c2c(C(=O)OC)c(C)n(Cc3ccc(C(=O)O)cc3)c2C)cc1. The normalized spacial score (nSPS) is 10.4. The van der Waals surface area contributed by atoms with Crippen molar-refractivity contribution in [3.8, 4) is 11.1 Å². The first kappa shape index (κ1) is 19.9. The zero-order valence-electron chi connectivity index (χ0n) is 16.4. The number of hydrogen-bond donors (Lipinski definition) is 1. The lowest BCUT2D eigenvalue weighted by molar-refractivity contribution is 0.0599. The Morgan fingerprint density at radius 2 is 1.66 bits per heavy atom. The molecule has 3 rings (SSSR count). The average Bonchev–Trinajstić information content (AvgIpc) is 2.98. The van der Waals surface area contributed by atoms with E-state index in [0.717, 1.165) is 28.1 Å². The highest BCUT2D eigenvalue weighted by molar-refractivity contribution is 6.00. The summed E-state index contributed by atoms with van der Waals surface area (Å²) >= 11 is 0. The van der Waals surface area contributed by atoms with E-state index >= 15 is 0 Å². The van der Waals surface area contributed by atoms with Crippen LogP contribution < -0.4 is 0 Å². The van der Waals surface area contributed by atoms with Crippen LogP contribution in [0.3, 0.4) is 0 Å². The second kappa shape index (κ2) is 8.03. The predicted octanol–water partition coefficient (Wildman–Crippen LogP) is 4.86. The van der Waals surface area contributed by atoms with Gasteiger partial charge in [-0.05, 0) is 37.1 Å². The van der Waals surface area contributed by atoms with E-state index in [1.54, 1.807) is 36.4 Å². The lowest BCUT2D eigenvalue weighted by Gasteiger charge is -2.10. The van der Waals surface area contributed by atoms with Gasteiger partial charge in [-0.25, -0.2) is 14.4 Å². The molecule has 1 N–H and O–H groups in total. The Balaban J connectivity index is 2.10. The van der Waals surface area contributed by atoms with Crippen LogP contribution >= 0.6 is 0 Å². The number of carboxylic acids is 1. The summed E-state index contributed by atoms with van der Waals surface area (Å²) in [6.07, 6.45) is 0. The van der Waals surface area contributed by atoms with Crippen LogP contribution in [0.25, 0.3) is 16.0 Å². The fraction of sp³-hybridized carbons (Fsp3) is 0.174. The summed E-state index contributed by atoms with van der Waals surface area (Å²) in [4.78, 5) is 27.0. The van der Waals surface area contributed by atoms with Crippen molar-refractivity contribution in [1.82, 2.24) is 4.57 Å².